The SMILES string of the molecule is Cc1ccc(OCc2nc(CC(=O)OCC(=O)Nc3cc(Cl)ccc3-n3cncn3)cs2)cc1. The van der Waals surface area contributed by atoms with Crippen molar-refractivity contribution in [1.29, 1.82) is 0 Å². The number of halogens is 1. The number of aromatic nitrogens is 4. The zero-order chi connectivity index (χ0) is 23.9. The van der Waals surface area contributed by atoms with Gasteiger partial charge in [0.15, 0.2) is 6.61 Å². The molecule has 0 aliphatic heterocycles. The molecule has 34 heavy (non-hydrogen) atoms. The number of thiazole rings is 1. The fraction of sp³-hybridized carbons (Fsp3) is 0.174. The molecule has 0 atom stereocenters. The first-order valence-electron chi connectivity index (χ1n) is 10.2. The minimum Gasteiger partial charge on any atom is -0.486 e. The Morgan fingerprint density at radius 1 is 1.18 bits per heavy atom. The van der Waals surface area contributed by atoms with Crippen molar-refractivity contribution in [3.05, 3.63) is 81.8 Å². The fourth-order valence-electron chi connectivity index (χ4n) is 2.95. The number of rotatable bonds is 9. The van der Waals surface area contributed by atoms with E-state index >= 15 is 0 Å². The van der Waals surface area contributed by atoms with Gasteiger partial charge in [-0.25, -0.2) is 14.6 Å². The number of anilines is 1. The zero-order valence-corrected chi connectivity index (χ0v) is 19.7. The van der Waals surface area contributed by atoms with E-state index in [0.717, 1.165) is 16.3 Å². The highest BCUT2D eigenvalue weighted by Crippen LogP contribution is 2.24. The molecule has 11 heteroatoms. The van der Waals surface area contributed by atoms with Crippen molar-refractivity contribution in [2.45, 2.75) is 20.0 Å². The maximum Gasteiger partial charge on any atom is 0.312 e. The highest BCUT2D eigenvalue weighted by Gasteiger charge is 2.14. The Morgan fingerprint density at radius 2 is 2.00 bits per heavy atom. The van der Waals surface area contributed by atoms with Gasteiger partial charge < -0.3 is 14.8 Å². The van der Waals surface area contributed by atoms with E-state index in [0.29, 0.717) is 28.7 Å². The number of benzene rings is 2. The van der Waals surface area contributed by atoms with Crippen molar-refractivity contribution in [2.24, 2.45) is 0 Å². The molecule has 4 rings (SSSR count). The maximum atomic E-state index is 12.3. The molecule has 2 heterocycles. The summed E-state index contributed by atoms with van der Waals surface area (Å²) in [7, 11) is 0. The molecule has 9 nitrogen and oxygen atoms in total. The van der Waals surface area contributed by atoms with Gasteiger partial charge in [0.05, 0.1) is 23.5 Å². The predicted octanol–water partition coefficient (Wildman–Crippen LogP) is 3.99. The molecule has 4 aromatic rings. The molecule has 0 unspecified atom stereocenters. The quantitative estimate of drug-likeness (QED) is 0.348. The molecular formula is C23H20ClN5O4S. The predicted molar refractivity (Wildman–Crippen MR) is 127 cm³/mol. The van der Waals surface area contributed by atoms with Gasteiger partial charge in [0.2, 0.25) is 0 Å². The number of nitrogens with one attached hydrogen (secondary N) is 1. The van der Waals surface area contributed by atoms with Gasteiger partial charge in [-0.3, -0.25) is 9.59 Å². The summed E-state index contributed by atoms with van der Waals surface area (Å²) in [6.07, 6.45) is 2.82. The zero-order valence-electron chi connectivity index (χ0n) is 18.1. The topological polar surface area (TPSA) is 108 Å². The molecule has 0 aliphatic carbocycles. The van der Waals surface area contributed by atoms with Crippen molar-refractivity contribution in [3.63, 3.8) is 0 Å². The van der Waals surface area contributed by atoms with E-state index in [9.17, 15) is 9.59 Å². The van der Waals surface area contributed by atoms with Crippen molar-refractivity contribution in [2.75, 3.05) is 11.9 Å². The highest BCUT2D eigenvalue weighted by molar-refractivity contribution is 7.09. The van der Waals surface area contributed by atoms with Crippen LogP contribution in [0.3, 0.4) is 0 Å². The van der Waals surface area contributed by atoms with Crippen LogP contribution < -0.4 is 10.1 Å². The normalized spacial score (nSPS) is 10.6. The van der Waals surface area contributed by atoms with Gasteiger partial charge in [0, 0.05) is 10.4 Å². The van der Waals surface area contributed by atoms with Crippen LogP contribution in [0.5, 0.6) is 5.75 Å². The van der Waals surface area contributed by atoms with Gasteiger partial charge in [-0.05, 0) is 37.3 Å². The standard InChI is InChI=1S/C23H20ClN5O4S/c1-15-2-5-18(6-3-15)32-11-22-27-17(12-34-22)9-23(31)33-10-21(30)28-19-8-16(24)4-7-20(19)29-14-25-13-26-29/h2-8,12-14H,9-11H2,1H3,(H,28,30). The molecule has 0 spiro atoms. The van der Waals surface area contributed by atoms with Crippen LogP contribution in [0.2, 0.25) is 5.02 Å². The van der Waals surface area contributed by atoms with E-state index in [4.69, 9.17) is 21.1 Å². The molecule has 0 bridgehead atoms. The van der Waals surface area contributed by atoms with Crippen LogP contribution in [0.25, 0.3) is 5.69 Å². The molecule has 2 aromatic heterocycles. The van der Waals surface area contributed by atoms with Crippen LogP contribution in [0.4, 0.5) is 5.69 Å². The Balaban J connectivity index is 1.26. The highest BCUT2D eigenvalue weighted by atomic mass is 35.5. The lowest BCUT2D eigenvalue weighted by atomic mass is 10.2. The van der Waals surface area contributed by atoms with E-state index in [1.54, 1.807) is 23.6 Å². The summed E-state index contributed by atoms with van der Waals surface area (Å²) in [4.78, 5) is 32.8. The van der Waals surface area contributed by atoms with Crippen LogP contribution in [-0.2, 0) is 27.4 Å². The third-order valence-electron chi connectivity index (χ3n) is 4.57. The maximum absolute atomic E-state index is 12.3. The Morgan fingerprint density at radius 3 is 2.76 bits per heavy atom. The van der Waals surface area contributed by atoms with Crippen LogP contribution >= 0.6 is 22.9 Å². The van der Waals surface area contributed by atoms with Crippen LogP contribution in [-0.4, -0.2) is 38.2 Å². The van der Waals surface area contributed by atoms with Gasteiger partial charge in [-0.15, -0.1) is 11.3 Å². The van der Waals surface area contributed by atoms with Crippen LogP contribution in [0, 0.1) is 6.92 Å². The van der Waals surface area contributed by atoms with Crippen molar-refractivity contribution in [3.8, 4) is 11.4 Å². The first kappa shape index (κ1) is 23.4. The Labute approximate surface area is 204 Å². The van der Waals surface area contributed by atoms with E-state index in [-0.39, 0.29) is 6.42 Å². The van der Waals surface area contributed by atoms with E-state index in [1.807, 2.05) is 31.2 Å². The van der Waals surface area contributed by atoms with Crippen molar-refractivity contribution < 1.29 is 19.1 Å². The summed E-state index contributed by atoms with van der Waals surface area (Å²) in [5.74, 6) is -0.323. The molecule has 0 saturated heterocycles. The van der Waals surface area contributed by atoms with Gasteiger partial charge in [-0.2, -0.15) is 5.10 Å². The second-order valence-electron chi connectivity index (χ2n) is 7.22. The third-order valence-corrected chi connectivity index (χ3v) is 5.68. The largest absolute Gasteiger partial charge is 0.486 e. The lowest BCUT2D eigenvalue weighted by Crippen LogP contribution is -2.22. The average molecular weight is 498 g/mol. The summed E-state index contributed by atoms with van der Waals surface area (Å²) in [5, 5.41) is 9.67. The fourth-order valence-corrected chi connectivity index (χ4v) is 3.83. The second-order valence-corrected chi connectivity index (χ2v) is 8.60. The number of esters is 1. The Hall–Kier alpha value is -3.76. The van der Waals surface area contributed by atoms with E-state index in [1.165, 1.54) is 28.7 Å². The van der Waals surface area contributed by atoms with Crippen LogP contribution in [0.15, 0.2) is 60.5 Å². The summed E-state index contributed by atoms with van der Waals surface area (Å²) in [5.41, 5.74) is 2.70. The first-order valence-corrected chi connectivity index (χ1v) is 11.4. The summed E-state index contributed by atoms with van der Waals surface area (Å²) < 4.78 is 12.3. The Kier molecular flexibility index (Phi) is 7.51. The van der Waals surface area contributed by atoms with E-state index < -0.39 is 18.5 Å². The summed E-state index contributed by atoms with van der Waals surface area (Å²) in [6.45, 7) is 1.86. The van der Waals surface area contributed by atoms with Gasteiger partial charge in [0.1, 0.15) is 30.0 Å². The molecule has 2 aromatic carbocycles. The molecule has 0 saturated carbocycles. The monoisotopic (exact) mass is 497 g/mol. The number of ether oxygens (including phenoxy) is 2. The molecule has 174 valence electrons. The van der Waals surface area contributed by atoms with Crippen molar-refractivity contribution in [1.82, 2.24) is 19.7 Å². The summed E-state index contributed by atoms with van der Waals surface area (Å²) in [6, 6.07) is 12.7. The molecule has 0 fully saturated rings. The second kappa shape index (κ2) is 10.9. The molecular weight excluding hydrogens is 478 g/mol. The molecule has 1 amide bonds. The third kappa shape index (κ3) is 6.40. The number of hydrogen-bond acceptors (Lipinski definition) is 8. The number of amides is 1. The number of carbonyl (C=O) groups is 2. The Bertz CT molecular complexity index is 1280. The van der Waals surface area contributed by atoms with Gasteiger partial charge in [-0.1, -0.05) is 29.3 Å². The molecule has 0 radical (unpaired) electrons. The smallest absolute Gasteiger partial charge is 0.312 e. The minimum absolute atomic E-state index is 0.0459. The van der Waals surface area contributed by atoms with Gasteiger partial charge in [0.25, 0.3) is 5.91 Å². The molecule has 1 N–H and O–H groups in total. The lowest BCUT2D eigenvalue weighted by molar-refractivity contribution is -0.146. The average Bonchev–Trinajstić information content (AvgIpc) is 3.50. The van der Waals surface area contributed by atoms with E-state index in [2.05, 4.69) is 20.4 Å². The lowest BCUT2D eigenvalue weighted by Gasteiger charge is -2.11. The summed E-state index contributed by atoms with van der Waals surface area (Å²) >= 11 is 7.44. The number of carbonyl (C=O) groups excluding carboxylic acids is 2. The number of aryl methyl sites for hydroxylation is 1. The first-order chi connectivity index (χ1) is 16.5. The minimum atomic E-state index is -0.561. The van der Waals surface area contributed by atoms with Crippen molar-refractivity contribution >= 4 is 40.5 Å². The van der Waals surface area contributed by atoms with Gasteiger partial charge >= 0.3 is 5.97 Å². The number of nitrogens with zero attached hydrogens (tertiary/aromatic N) is 4. The molecule has 0 aliphatic rings. The number of hydrogen-bond donors (Lipinski definition) is 1. The van der Waals surface area contributed by atoms with Crippen LogP contribution in [0.1, 0.15) is 16.3 Å².